The van der Waals surface area contributed by atoms with Gasteiger partial charge in [-0.3, -0.25) is 9.80 Å². The number of urea groups is 1. The molecule has 2 aromatic carbocycles. The predicted molar refractivity (Wildman–Crippen MR) is 156 cm³/mol. The van der Waals surface area contributed by atoms with E-state index in [4.69, 9.17) is 15.5 Å². The van der Waals surface area contributed by atoms with E-state index in [9.17, 15) is 13.2 Å². The molecule has 14 heteroatoms. The molecule has 2 N–H and O–H groups in total. The molecule has 0 bridgehead atoms. The zero-order valence-corrected chi connectivity index (χ0v) is 23.7. The van der Waals surface area contributed by atoms with Gasteiger partial charge in [0, 0.05) is 44.3 Å². The third-order valence-electron chi connectivity index (χ3n) is 6.90. The third kappa shape index (κ3) is 5.33. The topological polar surface area (TPSA) is 135 Å². The number of hydrogen-bond donors (Lipinski definition) is 1. The van der Waals surface area contributed by atoms with E-state index in [1.165, 1.54) is 39.3 Å². The largest absolute Gasteiger partial charge is 0.378 e. The van der Waals surface area contributed by atoms with E-state index in [0.717, 1.165) is 16.3 Å². The second-order valence-electron chi connectivity index (χ2n) is 9.59. The molecule has 2 aliphatic rings. The van der Waals surface area contributed by atoms with Gasteiger partial charge in [-0.2, -0.15) is 0 Å². The molecule has 2 aromatic heterocycles. The fourth-order valence-corrected chi connectivity index (χ4v) is 6.56. The smallest absolute Gasteiger partial charge is 0.329 e. The fraction of sp³-hybridized carbons (Fsp3) is 0.259. The minimum absolute atomic E-state index is 0.112. The van der Waals surface area contributed by atoms with Gasteiger partial charge >= 0.3 is 6.03 Å². The number of carbonyl (C=O) groups is 1. The molecule has 4 aromatic rings. The van der Waals surface area contributed by atoms with Gasteiger partial charge in [0.2, 0.25) is 5.95 Å². The van der Waals surface area contributed by atoms with Gasteiger partial charge in [0.25, 0.3) is 0 Å². The number of anilines is 4. The number of aromatic nitrogens is 3. The monoisotopic (exact) mass is 595 g/mol. The van der Waals surface area contributed by atoms with Crippen molar-refractivity contribution < 1.29 is 22.3 Å². The van der Waals surface area contributed by atoms with Gasteiger partial charge in [-0.1, -0.05) is 17.4 Å². The van der Waals surface area contributed by atoms with Crippen LogP contribution in [0, 0.1) is 5.82 Å². The second-order valence-corrected chi connectivity index (χ2v) is 12.6. The van der Waals surface area contributed by atoms with Crippen LogP contribution in [0.3, 0.4) is 0 Å². The first-order valence-corrected chi connectivity index (χ1v) is 15.5. The Labute approximate surface area is 239 Å². The summed E-state index contributed by atoms with van der Waals surface area (Å²) in [6.07, 6.45) is 2.68. The second kappa shape index (κ2) is 10.7. The quantitative estimate of drug-likeness (QED) is 0.354. The maximum Gasteiger partial charge on any atom is 0.329 e. The summed E-state index contributed by atoms with van der Waals surface area (Å²) in [7, 11) is -3.37. The summed E-state index contributed by atoms with van der Waals surface area (Å²) < 4.78 is 44.4. The summed E-state index contributed by atoms with van der Waals surface area (Å²) >= 11 is 1.45. The molecule has 2 aliphatic heterocycles. The van der Waals surface area contributed by atoms with E-state index >= 15 is 4.39 Å². The standard InChI is InChI=1S/C27H26FN7O4S2/c1-41(37,38)19-5-3-18(4-6-19)34-10-11-35(27(34)36)22-16-17(2-7-20(22)28)24-23(21-8-9-30-25(29)31-21)32-26(40-24)33-12-14-39-15-13-33/h2-9,16H,10-15H2,1H3,(H2,29,30,31). The lowest BCUT2D eigenvalue weighted by Crippen LogP contribution is -2.36. The molecule has 6 rings (SSSR count). The summed E-state index contributed by atoms with van der Waals surface area (Å²) in [5.74, 6) is -0.427. The molecule has 0 spiro atoms. The Morgan fingerprint density at radius 1 is 0.976 bits per heavy atom. The number of sulfone groups is 1. The van der Waals surface area contributed by atoms with Crippen molar-refractivity contribution in [3.8, 4) is 21.8 Å². The van der Waals surface area contributed by atoms with Gasteiger partial charge in [-0.05, 0) is 48.0 Å². The normalized spacial score (nSPS) is 16.0. The number of hydrogen-bond acceptors (Lipinski definition) is 10. The number of benzene rings is 2. The Hall–Kier alpha value is -4.14. The van der Waals surface area contributed by atoms with E-state index in [0.29, 0.717) is 55.5 Å². The molecule has 2 saturated heterocycles. The van der Waals surface area contributed by atoms with E-state index in [1.807, 2.05) is 0 Å². The van der Waals surface area contributed by atoms with Gasteiger partial charge in [0.1, 0.15) is 11.5 Å². The number of rotatable bonds is 6. The number of nitrogens with zero attached hydrogens (tertiary/aromatic N) is 6. The number of morpholine rings is 1. The summed E-state index contributed by atoms with van der Waals surface area (Å²) in [6, 6.07) is 12.0. The zero-order valence-electron chi connectivity index (χ0n) is 22.0. The molecule has 11 nitrogen and oxygen atoms in total. The van der Waals surface area contributed by atoms with E-state index < -0.39 is 21.7 Å². The summed E-state index contributed by atoms with van der Waals surface area (Å²) in [5.41, 5.74) is 8.33. The van der Waals surface area contributed by atoms with Crippen LogP contribution < -0.4 is 20.4 Å². The zero-order chi connectivity index (χ0) is 28.7. The van der Waals surface area contributed by atoms with E-state index in [2.05, 4.69) is 14.9 Å². The van der Waals surface area contributed by atoms with Crippen LogP contribution in [-0.2, 0) is 14.6 Å². The van der Waals surface area contributed by atoms with Crippen molar-refractivity contribution in [1.82, 2.24) is 15.0 Å². The van der Waals surface area contributed by atoms with E-state index in [-0.39, 0.29) is 23.1 Å². The molecule has 2 amide bonds. The molecule has 0 saturated carbocycles. The average Bonchev–Trinajstić information content (AvgIpc) is 3.58. The first-order valence-electron chi connectivity index (χ1n) is 12.8. The van der Waals surface area contributed by atoms with Gasteiger partial charge < -0.3 is 15.4 Å². The molecule has 0 radical (unpaired) electrons. The molecule has 0 aliphatic carbocycles. The van der Waals surface area contributed by atoms with Crippen molar-refractivity contribution in [2.45, 2.75) is 4.90 Å². The molecule has 0 atom stereocenters. The van der Waals surface area contributed by atoms with Gasteiger partial charge in [-0.15, -0.1) is 0 Å². The maximum atomic E-state index is 15.2. The molecular formula is C27H26FN7O4S2. The summed E-state index contributed by atoms with van der Waals surface area (Å²) in [4.78, 5) is 32.6. The van der Waals surface area contributed by atoms with Crippen LogP contribution >= 0.6 is 11.3 Å². The fourth-order valence-electron chi connectivity index (χ4n) is 4.81. The lowest BCUT2D eigenvalue weighted by atomic mass is 10.1. The van der Waals surface area contributed by atoms with E-state index in [1.54, 1.807) is 36.5 Å². The van der Waals surface area contributed by atoms with Crippen LogP contribution in [0.1, 0.15) is 0 Å². The molecule has 41 heavy (non-hydrogen) atoms. The number of nitrogens with two attached hydrogens (primary N) is 1. The number of ether oxygens (including phenoxy) is 1. The molecule has 0 unspecified atom stereocenters. The first kappa shape index (κ1) is 27.1. The number of halogens is 1. The number of carbonyl (C=O) groups excluding carboxylic acids is 1. The lowest BCUT2D eigenvalue weighted by Gasteiger charge is -2.26. The van der Waals surface area contributed by atoms with Crippen LogP contribution in [0.25, 0.3) is 21.8 Å². The highest BCUT2D eigenvalue weighted by Crippen LogP contribution is 2.42. The third-order valence-corrected chi connectivity index (χ3v) is 9.19. The van der Waals surface area contributed by atoms with Crippen molar-refractivity contribution in [1.29, 1.82) is 0 Å². The van der Waals surface area contributed by atoms with Crippen molar-refractivity contribution in [2.24, 2.45) is 0 Å². The maximum absolute atomic E-state index is 15.2. The number of thiazole rings is 1. The first-order chi connectivity index (χ1) is 19.7. The van der Waals surface area contributed by atoms with Crippen molar-refractivity contribution in [3.05, 3.63) is 60.5 Å². The van der Waals surface area contributed by atoms with Gasteiger partial charge in [0.15, 0.2) is 15.0 Å². The van der Waals surface area contributed by atoms with Gasteiger partial charge in [0.05, 0.1) is 34.4 Å². The minimum Gasteiger partial charge on any atom is -0.378 e. The highest BCUT2D eigenvalue weighted by atomic mass is 32.2. The summed E-state index contributed by atoms with van der Waals surface area (Å²) in [5, 5.41) is 0.780. The lowest BCUT2D eigenvalue weighted by molar-refractivity contribution is 0.122. The van der Waals surface area contributed by atoms with Crippen LogP contribution in [0.2, 0.25) is 0 Å². The highest BCUT2D eigenvalue weighted by Gasteiger charge is 2.33. The molecule has 4 heterocycles. The van der Waals surface area contributed by atoms with Crippen LogP contribution in [0.5, 0.6) is 0 Å². The molecule has 2 fully saturated rings. The minimum atomic E-state index is -3.37. The predicted octanol–water partition coefficient (Wildman–Crippen LogP) is 3.68. The van der Waals surface area contributed by atoms with Crippen molar-refractivity contribution in [2.75, 3.05) is 66.1 Å². The Bertz CT molecular complexity index is 1720. The summed E-state index contributed by atoms with van der Waals surface area (Å²) in [6.45, 7) is 3.14. The Kier molecular flexibility index (Phi) is 7.05. The van der Waals surface area contributed by atoms with Crippen LogP contribution in [0.4, 0.5) is 31.6 Å². The highest BCUT2D eigenvalue weighted by molar-refractivity contribution is 7.90. The molecule has 212 valence electrons. The SMILES string of the molecule is CS(=O)(=O)c1ccc(N2CCN(c3cc(-c4sc(N5CCOCC5)nc4-c4ccnc(N)n4)ccc3F)C2=O)cc1. The van der Waals surface area contributed by atoms with Crippen LogP contribution in [0.15, 0.2) is 59.6 Å². The van der Waals surface area contributed by atoms with Crippen molar-refractivity contribution >= 4 is 49.7 Å². The molecular weight excluding hydrogens is 569 g/mol. The van der Waals surface area contributed by atoms with Crippen molar-refractivity contribution in [3.63, 3.8) is 0 Å². The Morgan fingerprint density at radius 2 is 1.71 bits per heavy atom. The van der Waals surface area contributed by atoms with Gasteiger partial charge in [-0.25, -0.2) is 32.6 Å². The Morgan fingerprint density at radius 3 is 2.41 bits per heavy atom. The Balaban J connectivity index is 1.35. The van der Waals surface area contributed by atoms with Crippen LogP contribution in [-0.4, -0.2) is 75.0 Å². The number of amides is 2. The number of nitrogen functional groups attached to an aromatic ring is 1. The average molecular weight is 596 g/mol.